The second-order valence-corrected chi connectivity index (χ2v) is 11.5. The first-order valence-electron chi connectivity index (χ1n) is 14.4. The van der Waals surface area contributed by atoms with Gasteiger partial charge in [0.1, 0.15) is 6.61 Å². The molecule has 4 rings (SSSR count). The van der Waals surface area contributed by atoms with E-state index in [9.17, 15) is 24.0 Å². The van der Waals surface area contributed by atoms with Gasteiger partial charge in [0.2, 0.25) is 0 Å². The van der Waals surface area contributed by atoms with Crippen molar-refractivity contribution in [1.29, 1.82) is 0 Å². The van der Waals surface area contributed by atoms with Crippen LogP contribution in [0.4, 0.5) is 0 Å². The lowest BCUT2D eigenvalue weighted by Gasteiger charge is -2.34. The van der Waals surface area contributed by atoms with Crippen molar-refractivity contribution in [3.63, 3.8) is 0 Å². The van der Waals surface area contributed by atoms with Gasteiger partial charge in [-0.3, -0.25) is 9.69 Å². The lowest BCUT2D eigenvalue weighted by atomic mass is 9.93. The molecule has 4 N–H and O–H groups in total. The van der Waals surface area contributed by atoms with Crippen LogP contribution in [0.1, 0.15) is 30.0 Å². The van der Waals surface area contributed by atoms with Gasteiger partial charge in [-0.25, -0.2) is 19.2 Å². The SMILES string of the molecule is CC(=O)OCCN1CCN(CC/C=C2/c3ccccc3CSc3ccc(Cl)cc32)CC1.O=C(O)/C=C/C(=O)O.O=C(O)/C=C/C(=O)O. The number of carboxylic acids is 4. The lowest BCUT2D eigenvalue weighted by molar-refractivity contribution is -0.141. The van der Waals surface area contributed by atoms with Gasteiger partial charge in [-0.1, -0.05) is 41.9 Å². The van der Waals surface area contributed by atoms with Crippen LogP contribution in [0.3, 0.4) is 0 Å². The van der Waals surface area contributed by atoms with E-state index in [-0.39, 0.29) is 5.97 Å². The van der Waals surface area contributed by atoms with Crippen molar-refractivity contribution in [3.05, 3.63) is 94.6 Å². The molecular formula is C33H37ClN2O10S. The summed E-state index contributed by atoms with van der Waals surface area (Å²) in [5, 5.41) is 32.0. The molecule has 0 bridgehead atoms. The number of fused-ring (bicyclic) bond motifs is 2. The summed E-state index contributed by atoms with van der Waals surface area (Å²) in [6, 6.07) is 15.0. The van der Waals surface area contributed by atoms with Crippen molar-refractivity contribution < 1.29 is 49.1 Å². The largest absolute Gasteiger partial charge is 0.478 e. The Bertz CT molecular complexity index is 1430. The monoisotopic (exact) mass is 688 g/mol. The molecule has 2 aromatic rings. The fourth-order valence-corrected chi connectivity index (χ4v) is 5.72. The van der Waals surface area contributed by atoms with Crippen molar-refractivity contribution in [1.82, 2.24) is 9.80 Å². The van der Waals surface area contributed by atoms with Gasteiger partial charge in [0, 0.05) is 86.2 Å². The molecule has 252 valence electrons. The molecule has 0 aliphatic carbocycles. The zero-order chi connectivity index (χ0) is 34.8. The number of benzene rings is 2. The maximum Gasteiger partial charge on any atom is 0.328 e. The highest BCUT2D eigenvalue weighted by atomic mass is 35.5. The van der Waals surface area contributed by atoms with Crippen LogP contribution in [0.2, 0.25) is 5.02 Å². The Balaban J connectivity index is 0.000000397. The van der Waals surface area contributed by atoms with Crippen LogP contribution in [0.15, 0.2) is 77.7 Å². The summed E-state index contributed by atoms with van der Waals surface area (Å²) in [5.74, 6) is -4.25. The summed E-state index contributed by atoms with van der Waals surface area (Å²) in [4.78, 5) is 55.3. The number of piperazine rings is 1. The minimum Gasteiger partial charge on any atom is -0.478 e. The Labute approximate surface area is 281 Å². The fourth-order valence-electron chi connectivity index (χ4n) is 4.50. The van der Waals surface area contributed by atoms with E-state index in [0.29, 0.717) is 30.9 Å². The highest BCUT2D eigenvalue weighted by molar-refractivity contribution is 7.98. The topological polar surface area (TPSA) is 182 Å². The average molecular weight is 689 g/mol. The Hall–Kier alpha value is -4.43. The number of ether oxygens (including phenoxy) is 1. The van der Waals surface area contributed by atoms with Crippen LogP contribution in [0.5, 0.6) is 0 Å². The summed E-state index contributed by atoms with van der Waals surface area (Å²) >= 11 is 8.26. The Morgan fingerprint density at radius 3 is 1.85 bits per heavy atom. The van der Waals surface area contributed by atoms with E-state index in [1.807, 2.05) is 17.8 Å². The maximum absolute atomic E-state index is 10.9. The van der Waals surface area contributed by atoms with Gasteiger partial charge in [-0.2, -0.15) is 0 Å². The molecule has 0 atom stereocenters. The van der Waals surface area contributed by atoms with E-state index in [1.54, 1.807) is 0 Å². The van der Waals surface area contributed by atoms with E-state index >= 15 is 0 Å². The first-order valence-corrected chi connectivity index (χ1v) is 15.8. The summed E-state index contributed by atoms with van der Waals surface area (Å²) in [7, 11) is 0. The van der Waals surface area contributed by atoms with Gasteiger partial charge in [0.05, 0.1) is 0 Å². The fraction of sp³-hybridized carbons (Fsp3) is 0.303. The molecule has 14 heteroatoms. The Kier molecular flexibility index (Phi) is 17.0. The third kappa shape index (κ3) is 15.6. The summed E-state index contributed by atoms with van der Waals surface area (Å²) in [5.41, 5.74) is 5.26. The van der Waals surface area contributed by atoms with Crippen LogP contribution in [0.25, 0.3) is 5.57 Å². The molecule has 2 heterocycles. The number of carbonyl (C=O) groups excluding carboxylic acids is 1. The van der Waals surface area contributed by atoms with E-state index in [4.69, 9.17) is 36.8 Å². The van der Waals surface area contributed by atoms with Gasteiger partial charge in [-0.15, -0.1) is 11.8 Å². The standard InChI is InChI=1S/C25H29ClN2O2S.2C4H4O4/c1-19(29)30-16-15-28-13-11-27(12-14-28)10-4-7-23-22-6-3-2-5-20(22)18-31-25-9-8-21(26)17-24(23)25;2*5-3(6)1-2-4(7)8/h2-3,5-9,17H,4,10-16,18H2,1H3;2*1-2H,(H,5,6)(H,7,8)/b23-7-;2*2-1+. The van der Waals surface area contributed by atoms with Crippen LogP contribution in [-0.2, 0) is 34.5 Å². The van der Waals surface area contributed by atoms with E-state index in [2.05, 4.69) is 52.3 Å². The normalized spacial score (nSPS) is 15.3. The number of hydrogen-bond acceptors (Lipinski definition) is 9. The van der Waals surface area contributed by atoms with Crippen molar-refractivity contribution in [2.45, 2.75) is 24.0 Å². The number of hydrogen-bond donors (Lipinski definition) is 4. The Morgan fingerprint density at radius 1 is 0.787 bits per heavy atom. The molecule has 2 aromatic carbocycles. The number of thioether (sulfide) groups is 1. The minimum atomic E-state index is -1.26. The number of carbonyl (C=O) groups is 5. The summed E-state index contributed by atoms with van der Waals surface area (Å²) < 4.78 is 5.07. The first-order chi connectivity index (χ1) is 22.3. The zero-order valence-electron chi connectivity index (χ0n) is 25.7. The van der Waals surface area contributed by atoms with Crippen LogP contribution in [-0.4, -0.2) is 106 Å². The molecule has 0 amide bonds. The highest BCUT2D eigenvalue weighted by Gasteiger charge is 2.20. The summed E-state index contributed by atoms with van der Waals surface area (Å²) in [6.07, 6.45) is 5.63. The van der Waals surface area contributed by atoms with Gasteiger partial charge < -0.3 is 30.1 Å². The van der Waals surface area contributed by atoms with Gasteiger partial charge in [-0.05, 0) is 46.9 Å². The first kappa shape index (κ1) is 38.8. The number of esters is 1. The minimum absolute atomic E-state index is 0.201. The molecule has 1 saturated heterocycles. The Morgan fingerprint density at radius 2 is 1.32 bits per heavy atom. The average Bonchev–Trinajstić information content (AvgIpc) is 3.17. The van der Waals surface area contributed by atoms with Crippen LogP contribution in [0, 0.1) is 0 Å². The second kappa shape index (κ2) is 20.6. The number of nitrogens with zero attached hydrogens (tertiary/aromatic N) is 2. The lowest BCUT2D eigenvalue weighted by Crippen LogP contribution is -2.47. The second-order valence-electron chi connectivity index (χ2n) is 10.0. The predicted octanol–water partition coefficient (Wildman–Crippen LogP) is 4.37. The quantitative estimate of drug-likeness (QED) is 0.204. The number of halogens is 1. The van der Waals surface area contributed by atoms with Crippen molar-refractivity contribution in [2.75, 3.05) is 45.9 Å². The van der Waals surface area contributed by atoms with Crippen LogP contribution >= 0.6 is 23.4 Å². The number of rotatable bonds is 10. The van der Waals surface area contributed by atoms with Gasteiger partial charge >= 0.3 is 29.8 Å². The molecule has 2 aliphatic heterocycles. The van der Waals surface area contributed by atoms with Crippen molar-refractivity contribution in [3.8, 4) is 0 Å². The zero-order valence-corrected chi connectivity index (χ0v) is 27.3. The third-order valence-corrected chi connectivity index (χ3v) is 7.99. The smallest absolute Gasteiger partial charge is 0.328 e. The maximum atomic E-state index is 10.9. The molecule has 0 radical (unpaired) electrons. The van der Waals surface area contributed by atoms with Crippen LogP contribution < -0.4 is 0 Å². The van der Waals surface area contributed by atoms with E-state index < -0.39 is 23.9 Å². The van der Waals surface area contributed by atoms with Crippen molar-refractivity contribution in [2.24, 2.45) is 0 Å². The molecule has 0 aromatic heterocycles. The predicted molar refractivity (Wildman–Crippen MR) is 177 cm³/mol. The molecule has 1 fully saturated rings. The number of carboxylic acid groups (broad SMARTS) is 4. The van der Waals surface area contributed by atoms with Gasteiger partial charge in [0.25, 0.3) is 0 Å². The molecule has 0 saturated carbocycles. The van der Waals surface area contributed by atoms with Gasteiger partial charge in [0.15, 0.2) is 0 Å². The molecule has 0 spiro atoms. The summed E-state index contributed by atoms with van der Waals surface area (Å²) in [6.45, 7) is 7.97. The molecule has 2 aliphatic rings. The molecular weight excluding hydrogens is 652 g/mol. The molecule has 0 unspecified atom stereocenters. The number of aliphatic carboxylic acids is 4. The van der Waals surface area contributed by atoms with Crippen molar-refractivity contribution >= 4 is 58.8 Å². The molecule has 47 heavy (non-hydrogen) atoms. The molecule has 12 nitrogen and oxygen atoms in total. The third-order valence-electron chi connectivity index (χ3n) is 6.63. The van der Waals surface area contributed by atoms with E-state index in [1.165, 1.54) is 34.1 Å². The highest BCUT2D eigenvalue weighted by Crippen LogP contribution is 2.41. The van der Waals surface area contributed by atoms with E-state index in [0.717, 1.165) is 56.5 Å².